The highest BCUT2D eigenvalue weighted by molar-refractivity contribution is 7.99. The van der Waals surface area contributed by atoms with E-state index in [2.05, 4.69) is 21.9 Å². The first kappa shape index (κ1) is 18.6. The van der Waals surface area contributed by atoms with Crippen LogP contribution in [0.15, 0.2) is 34.2 Å². The van der Waals surface area contributed by atoms with Gasteiger partial charge in [-0.3, -0.25) is 4.79 Å². The number of aromatic nitrogens is 4. The molecule has 1 aliphatic rings. The number of hydrogen-bond donors (Lipinski definition) is 2. The minimum absolute atomic E-state index is 0.112. The molecule has 29 heavy (non-hydrogen) atoms. The van der Waals surface area contributed by atoms with E-state index >= 15 is 0 Å². The van der Waals surface area contributed by atoms with Gasteiger partial charge in [0, 0.05) is 4.88 Å². The first-order valence-electron chi connectivity index (χ1n) is 9.73. The van der Waals surface area contributed by atoms with Gasteiger partial charge < -0.3 is 10.7 Å². The number of thiophene rings is 1. The van der Waals surface area contributed by atoms with Gasteiger partial charge in [-0.1, -0.05) is 30.8 Å². The highest BCUT2D eigenvalue weighted by atomic mass is 32.2. The summed E-state index contributed by atoms with van der Waals surface area (Å²) in [6, 6.07) is 7.35. The second-order valence-electron chi connectivity index (χ2n) is 7.65. The van der Waals surface area contributed by atoms with Gasteiger partial charge in [0.25, 0.3) is 5.56 Å². The number of rotatable bonds is 3. The van der Waals surface area contributed by atoms with Gasteiger partial charge in [0.15, 0.2) is 5.16 Å². The summed E-state index contributed by atoms with van der Waals surface area (Å²) in [7, 11) is 0. The number of nitrogen functional groups attached to an aromatic ring is 1. The number of aryl methyl sites for hydroxylation is 1. The number of nitrogens with two attached hydrogens (primary N) is 1. The van der Waals surface area contributed by atoms with Gasteiger partial charge in [-0.05, 0) is 49.8 Å². The van der Waals surface area contributed by atoms with Crippen LogP contribution in [0.5, 0.6) is 0 Å². The number of hydrogen-bond acceptors (Lipinski definition) is 7. The van der Waals surface area contributed by atoms with Gasteiger partial charge in [-0.15, -0.1) is 11.3 Å². The SMILES string of the molecule is C[C@H]1CCc2c(sc3nc(S[C@H](C)c4nc5ccccc5c(=O)[nH]4)nc(N)c23)C1. The van der Waals surface area contributed by atoms with E-state index in [4.69, 9.17) is 10.7 Å². The molecule has 0 unspecified atom stereocenters. The predicted molar refractivity (Wildman–Crippen MR) is 120 cm³/mol. The maximum Gasteiger partial charge on any atom is 0.258 e. The Balaban J connectivity index is 1.49. The summed E-state index contributed by atoms with van der Waals surface area (Å²) in [4.78, 5) is 31.6. The topological polar surface area (TPSA) is 97.5 Å². The summed E-state index contributed by atoms with van der Waals surface area (Å²) >= 11 is 3.20. The molecule has 5 rings (SSSR count). The van der Waals surface area contributed by atoms with Gasteiger partial charge in [-0.25, -0.2) is 15.0 Å². The number of aromatic amines is 1. The van der Waals surface area contributed by atoms with Crippen LogP contribution >= 0.6 is 23.1 Å². The third kappa shape index (κ3) is 3.30. The van der Waals surface area contributed by atoms with Crippen LogP contribution in [0.4, 0.5) is 5.82 Å². The van der Waals surface area contributed by atoms with Gasteiger partial charge >= 0.3 is 0 Å². The summed E-state index contributed by atoms with van der Waals surface area (Å²) in [5.41, 5.74) is 8.24. The van der Waals surface area contributed by atoms with Crippen molar-refractivity contribution >= 4 is 50.0 Å². The van der Waals surface area contributed by atoms with Gasteiger partial charge in [0.1, 0.15) is 16.5 Å². The summed E-state index contributed by atoms with van der Waals surface area (Å²) in [6.45, 7) is 4.28. The lowest BCUT2D eigenvalue weighted by molar-refractivity contribution is 0.509. The zero-order valence-electron chi connectivity index (χ0n) is 16.2. The molecule has 0 saturated carbocycles. The molecule has 0 radical (unpaired) electrons. The van der Waals surface area contributed by atoms with E-state index < -0.39 is 0 Å². The Morgan fingerprint density at radius 3 is 2.97 bits per heavy atom. The quantitative estimate of drug-likeness (QED) is 0.372. The Morgan fingerprint density at radius 1 is 1.28 bits per heavy atom. The Labute approximate surface area is 176 Å². The van der Waals surface area contributed by atoms with Crippen molar-refractivity contribution in [2.75, 3.05) is 5.73 Å². The number of nitrogens with zero attached hydrogens (tertiary/aromatic N) is 3. The van der Waals surface area contributed by atoms with Crippen molar-refractivity contribution in [1.82, 2.24) is 19.9 Å². The third-order valence-corrected chi connectivity index (χ3v) is 7.58. The first-order valence-corrected chi connectivity index (χ1v) is 11.4. The Kier molecular flexibility index (Phi) is 4.55. The van der Waals surface area contributed by atoms with Crippen LogP contribution in [0, 0.1) is 5.92 Å². The number of benzene rings is 1. The van der Waals surface area contributed by atoms with E-state index in [-0.39, 0.29) is 10.8 Å². The van der Waals surface area contributed by atoms with Crippen LogP contribution in [-0.4, -0.2) is 19.9 Å². The fourth-order valence-corrected chi connectivity index (χ4v) is 6.20. The fourth-order valence-electron chi connectivity index (χ4n) is 3.91. The Hall–Kier alpha value is -2.45. The van der Waals surface area contributed by atoms with E-state index in [0.29, 0.717) is 33.6 Å². The lowest BCUT2D eigenvalue weighted by Crippen LogP contribution is -2.13. The normalized spacial score (nSPS) is 17.5. The molecular formula is C21H21N5OS2. The second-order valence-corrected chi connectivity index (χ2v) is 10.0. The maximum absolute atomic E-state index is 12.4. The van der Waals surface area contributed by atoms with E-state index in [9.17, 15) is 4.79 Å². The molecule has 6 nitrogen and oxygen atoms in total. The van der Waals surface area contributed by atoms with Crippen molar-refractivity contribution in [3.63, 3.8) is 0 Å². The molecule has 0 bridgehead atoms. The molecule has 0 fully saturated rings. The predicted octanol–water partition coefficient (Wildman–Crippen LogP) is 4.49. The lowest BCUT2D eigenvalue weighted by Gasteiger charge is -2.17. The van der Waals surface area contributed by atoms with E-state index in [1.54, 1.807) is 17.4 Å². The number of H-pyrrole nitrogens is 1. The number of thioether (sulfide) groups is 1. The average Bonchev–Trinajstić information content (AvgIpc) is 3.05. The Morgan fingerprint density at radius 2 is 2.10 bits per heavy atom. The first-order chi connectivity index (χ1) is 14.0. The second kappa shape index (κ2) is 7.11. The monoisotopic (exact) mass is 423 g/mol. The lowest BCUT2D eigenvalue weighted by atomic mass is 9.89. The highest BCUT2D eigenvalue weighted by Crippen LogP contribution is 2.41. The minimum atomic E-state index is -0.131. The van der Waals surface area contributed by atoms with E-state index in [0.717, 1.165) is 23.1 Å². The molecule has 1 aliphatic carbocycles. The Bertz CT molecular complexity index is 1300. The average molecular weight is 424 g/mol. The van der Waals surface area contributed by atoms with Crippen LogP contribution in [-0.2, 0) is 12.8 Å². The fraction of sp³-hybridized carbons (Fsp3) is 0.333. The van der Waals surface area contributed by atoms with Gasteiger partial charge in [-0.2, -0.15) is 0 Å². The number of para-hydroxylation sites is 1. The van der Waals surface area contributed by atoms with E-state index in [1.807, 2.05) is 25.1 Å². The summed E-state index contributed by atoms with van der Waals surface area (Å²) in [5.74, 6) is 1.87. The zero-order chi connectivity index (χ0) is 20.1. The van der Waals surface area contributed by atoms with Crippen LogP contribution in [0.3, 0.4) is 0 Å². The van der Waals surface area contributed by atoms with Crippen molar-refractivity contribution < 1.29 is 0 Å². The molecule has 1 aromatic carbocycles. The molecule has 4 aromatic rings. The summed E-state index contributed by atoms with van der Waals surface area (Å²) in [5, 5.41) is 2.13. The molecule has 3 heterocycles. The molecule has 0 spiro atoms. The number of fused-ring (bicyclic) bond motifs is 4. The molecule has 0 aliphatic heterocycles. The molecule has 0 saturated heterocycles. The number of anilines is 1. The van der Waals surface area contributed by atoms with Crippen molar-refractivity contribution in [2.45, 2.75) is 43.5 Å². The summed E-state index contributed by atoms with van der Waals surface area (Å²) < 4.78 is 0. The smallest absolute Gasteiger partial charge is 0.258 e. The molecule has 2 atom stereocenters. The molecule has 3 aromatic heterocycles. The van der Waals surface area contributed by atoms with Crippen molar-refractivity contribution in [3.8, 4) is 0 Å². The largest absolute Gasteiger partial charge is 0.383 e. The van der Waals surface area contributed by atoms with E-state index in [1.165, 1.54) is 28.6 Å². The van der Waals surface area contributed by atoms with Crippen LogP contribution in [0.1, 0.15) is 41.8 Å². The van der Waals surface area contributed by atoms with Crippen molar-refractivity contribution in [2.24, 2.45) is 5.92 Å². The number of nitrogens with one attached hydrogen (secondary N) is 1. The van der Waals surface area contributed by atoms with Gasteiger partial charge in [0.2, 0.25) is 0 Å². The van der Waals surface area contributed by atoms with Crippen LogP contribution < -0.4 is 11.3 Å². The standard InChI is InChI=1S/C21H21N5OS2/c1-10-7-8-13-15(9-10)29-20-16(13)17(22)24-21(26-20)28-11(2)18-23-14-6-4-3-5-12(14)19(27)25-18/h3-6,10-11H,7-9H2,1-2H3,(H2,22,24,26)(H,23,25,27)/t10-,11+/m0/s1. The highest BCUT2D eigenvalue weighted by Gasteiger charge is 2.24. The third-order valence-electron chi connectivity index (χ3n) is 5.46. The molecular weight excluding hydrogens is 402 g/mol. The van der Waals surface area contributed by atoms with Crippen molar-refractivity contribution in [3.05, 3.63) is 50.9 Å². The molecule has 148 valence electrons. The maximum atomic E-state index is 12.4. The van der Waals surface area contributed by atoms with Crippen LogP contribution in [0.2, 0.25) is 0 Å². The zero-order valence-corrected chi connectivity index (χ0v) is 17.9. The molecule has 8 heteroatoms. The van der Waals surface area contributed by atoms with Crippen LogP contribution in [0.25, 0.3) is 21.1 Å². The molecule has 3 N–H and O–H groups in total. The van der Waals surface area contributed by atoms with Crippen molar-refractivity contribution in [1.29, 1.82) is 0 Å². The summed E-state index contributed by atoms with van der Waals surface area (Å²) in [6.07, 6.45) is 3.33. The molecule has 0 amide bonds. The van der Waals surface area contributed by atoms with Gasteiger partial charge in [0.05, 0.1) is 21.5 Å². The minimum Gasteiger partial charge on any atom is -0.383 e.